The molecule has 6 heteroatoms. The van der Waals surface area contributed by atoms with Crippen molar-refractivity contribution in [1.29, 1.82) is 0 Å². The standard InChI is InChI=1S/C52H32N6/c1-5-13-45-35(9-1)25-39(29-53-45)57(40-26-36-10-2-6-14-46(36)54-30-40)49-23-19-33-18-22-44-50(24-20-34-17-21-43(49)51(33)52(34)44)58(41-27-37-11-3-7-15-47(37)55-31-41)42-28-38-12-4-8-16-48(38)56-32-42/h1-32H. The molecule has 4 heterocycles. The summed E-state index contributed by atoms with van der Waals surface area (Å²) in [5, 5.41) is 11.3. The molecule has 0 aliphatic carbocycles. The van der Waals surface area contributed by atoms with E-state index < -0.39 is 0 Å². The molecule has 0 bridgehead atoms. The molecule has 0 fully saturated rings. The highest BCUT2D eigenvalue weighted by molar-refractivity contribution is 6.28. The summed E-state index contributed by atoms with van der Waals surface area (Å²) >= 11 is 0. The lowest BCUT2D eigenvalue weighted by atomic mass is 9.91. The molecule has 58 heavy (non-hydrogen) atoms. The van der Waals surface area contributed by atoms with Crippen LogP contribution in [0.15, 0.2) is 195 Å². The van der Waals surface area contributed by atoms with E-state index in [0.29, 0.717) is 0 Å². The summed E-state index contributed by atoms with van der Waals surface area (Å²) in [4.78, 5) is 24.3. The number of pyridine rings is 4. The Morgan fingerprint density at radius 3 is 0.897 bits per heavy atom. The van der Waals surface area contributed by atoms with Crippen molar-refractivity contribution >= 4 is 110 Å². The van der Waals surface area contributed by atoms with Gasteiger partial charge in [0, 0.05) is 32.3 Å². The van der Waals surface area contributed by atoms with Crippen LogP contribution in [0.25, 0.3) is 75.9 Å². The zero-order valence-corrected chi connectivity index (χ0v) is 31.2. The summed E-state index contributed by atoms with van der Waals surface area (Å²) in [6, 6.07) is 60.0. The van der Waals surface area contributed by atoms with Crippen LogP contribution in [0.3, 0.4) is 0 Å². The molecule has 270 valence electrons. The third-order valence-electron chi connectivity index (χ3n) is 11.4. The van der Waals surface area contributed by atoms with Crippen LogP contribution < -0.4 is 9.80 Å². The Kier molecular flexibility index (Phi) is 7.13. The molecule has 0 radical (unpaired) electrons. The molecule has 12 rings (SSSR count). The van der Waals surface area contributed by atoms with Crippen molar-refractivity contribution in [3.63, 3.8) is 0 Å². The Balaban J connectivity index is 1.12. The summed E-state index contributed by atoms with van der Waals surface area (Å²) in [6.07, 6.45) is 7.89. The van der Waals surface area contributed by atoms with Gasteiger partial charge in [-0.05, 0) is 82.2 Å². The fourth-order valence-electron chi connectivity index (χ4n) is 8.74. The van der Waals surface area contributed by atoms with Crippen LogP contribution in [0.5, 0.6) is 0 Å². The molecule has 0 spiro atoms. The van der Waals surface area contributed by atoms with Crippen LogP contribution in [0, 0.1) is 0 Å². The molecule has 0 unspecified atom stereocenters. The van der Waals surface area contributed by atoms with Gasteiger partial charge in [0.1, 0.15) is 0 Å². The minimum Gasteiger partial charge on any atom is -0.307 e. The highest BCUT2D eigenvalue weighted by atomic mass is 15.2. The molecule has 6 nitrogen and oxygen atoms in total. The molecule has 8 aromatic carbocycles. The van der Waals surface area contributed by atoms with Crippen molar-refractivity contribution in [1.82, 2.24) is 19.9 Å². The van der Waals surface area contributed by atoms with Gasteiger partial charge in [0.2, 0.25) is 0 Å². The molecule has 0 amide bonds. The number of rotatable bonds is 6. The van der Waals surface area contributed by atoms with Crippen LogP contribution in [0.1, 0.15) is 0 Å². The van der Waals surface area contributed by atoms with Gasteiger partial charge in [-0.3, -0.25) is 19.9 Å². The first-order valence-electron chi connectivity index (χ1n) is 19.4. The molecular weight excluding hydrogens is 709 g/mol. The van der Waals surface area contributed by atoms with E-state index in [1.807, 2.05) is 49.1 Å². The molecule has 4 aromatic heterocycles. The summed E-state index contributed by atoms with van der Waals surface area (Å²) in [7, 11) is 0. The van der Waals surface area contributed by atoms with Crippen molar-refractivity contribution in [3.05, 3.63) is 195 Å². The Hall–Kier alpha value is -7.96. The quantitative estimate of drug-likeness (QED) is 0.158. The van der Waals surface area contributed by atoms with Crippen molar-refractivity contribution < 1.29 is 0 Å². The SMILES string of the molecule is c1ccc2ncc(N(c3cnc4ccccc4c3)c3ccc4ccc5c(N(c6cnc7ccccc7c6)c6cnc7ccccc7c6)ccc6ccc3c4c65)cc2c1. The number of nitrogens with zero attached hydrogens (tertiary/aromatic N) is 6. The summed E-state index contributed by atoms with van der Waals surface area (Å²) < 4.78 is 0. The van der Waals surface area contributed by atoms with E-state index in [1.165, 1.54) is 21.5 Å². The second kappa shape index (κ2) is 12.8. The normalized spacial score (nSPS) is 11.8. The smallest absolute Gasteiger partial charge is 0.0703 e. The maximum absolute atomic E-state index is 4.93. The Morgan fingerprint density at radius 2 is 0.569 bits per heavy atom. The van der Waals surface area contributed by atoms with Gasteiger partial charge in [0.05, 0.1) is 81.0 Å². The third kappa shape index (κ3) is 5.12. The van der Waals surface area contributed by atoms with Crippen molar-refractivity contribution in [2.24, 2.45) is 0 Å². The maximum Gasteiger partial charge on any atom is 0.0703 e. The van der Waals surface area contributed by atoms with Crippen LogP contribution in [0.4, 0.5) is 34.1 Å². The van der Waals surface area contributed by atoms with Crippen LogP contribution in [-0.2, 0) is 0 Å². The second-order valence-electron chi connectivity index (χ2n) is 14.8. The fourth-order valence-corrected chi connectivity index (χ4v) is 8.74. The third-order valence-corrected chi connectivity index (χ3v) is 11.4. The number of benzene rings is 8. The first kappa shape index (κ1) is 32.3. The number of hydrogen-bond acceptors (Lipinski definition) is 6. The topological polar surface area (TPSA) is 58.0 Å². The Labute approximate surface area is 333 Å². The number of fused-ring (bicyclic) bond motifs is 4. The zero-order chi connectivity index (χ0) is 38.2. The Bertz CT molecular complexity index is 3170. The molecule has 0 N–H and O–H groups in total. The minimum absolute atomic E-state index is 0.957. The van der Waals surface area contributed by atoms with Crippen LogP contribution in [0.2, 0.25) is 0 Å². The van der Waals surface area contributed by atoms with Gasteiger partial charge in [0.15, 0.2) is 0 Å². The van der Waals surface area contributed by atoms with E-state index in [0.717, 1.165) is 88.5 Å². The first-order valence-corrected chi connectivity index (χ1v) is 19.4. The van der Waals surface area contributed by atoms with Crippen molar-refractivity contribution in [3.8, 4) is 0 Å². The van der Waals surface area contributed by atoms with E-state index in [-0.39, 0.29) is 0 Å². The largest absolute Gasteiger partial charge is 0.307 e. The average molecular weight is 741 g/mol. The average Bonchev–Trinajstić information content (AvgIpc) is 3.29. The highest BCUT2D eigenvalue weighted by Gasteiger charge is 2.23. The summed E-state index contributed by atoms with van der Waals surface area (Å²) in [5.41, 5.74) is 9.78. The minimum atomic E-state index is 0.957. The summed E-state index contributed by atoms with van der Waals surface area (Å²) in [5.74, 6) is 0. The predicted molar refractivity (Wildman–Crippen MR) is 241 cm³/mol. The van der Waals surface area contributed by atoms with E-state index in [4.69, 9.17) is 19.9 Å². The van der Waals surface area contributed by atoms with Crippen LogP contribution >= 0.6 is 0 Å². The number of hydrogen-bond donors (Lipinski definition) is 0. The molecule has 0 atom stereocenters. The molecule has 0 saturated carbocycles. The van der Waals surface area contributed by atoms with Gasteiger partial charge < -0.3 is 9.80 Å². The second-order valence-corrected chi connectivity index (χ2v) is 14.8. The van der Waals surface area contributed by atoms with Gasteiger partial charge >= 0.3 is 0 Å². The number of para-hydroxylation sites is 4. The van der Waals surface area contributed by atoms with Gasteiger partial charge in [-0.15, -0.1) is 0 Å². The zero-order valence-electron chi connectivity index (χ0n) is 31.2. The lowest BCUT2D eigenvalue weighted by Crippen LogP contribution is -2.12. The lowest BCUT2D eigenvalue weighted by Gasteiger charge is -2.29. The van der Waals surface area contributed by atoms with Gasteiger partial charge in [-0.1, -0.05) is 109 Å². The molecule has 0 aliphatic heterocycles. The Morgan fingerprint density at radius 1 is 0.276 bits per heavy atom. The lowest BCUT2D eigenvalue weighted by molar-refractivity contribution is 1.24. The predicted octanol–water partition coefficient (Wildman–Crippen LogP) is 13.7. The monoisotopic (exact) mass is 740 g/mol. The van der Waals surface area contributed by atoms with E-state index in [9.17, 15) is 0 Å². The highest BCUT2D eigenvalue weighted by Crippen LogP contribution is 2.48. The molecule has 0 saturated heterocycles. The maximum atomic E-state index is 4.93. The molecule has 12 aromatic rings. The van der Waals surface area contributed by atoms with Crippen molar-refractivity contribution in [2.75, 3.05) is 9.80 Å². The summed E-state index contributed by atoms with van der Waals surface area (Å²) in [6.45, 7) is 0. The fraction of sp³-hybridized carbons (Fsp3) is 0. The van der Waals surface area contributed by atoms with E-state index >= 15 is 0 Å². The van der Waals surface area contributed by atoms with Gasteiger partial charge in [-0.2, -0.15) is 0 Å². The first-order chi connectivity index (χ1) is 28.7. The van der Waals surface area contributed by atoms with Crippen molar-refractivity contribution in [2.45, 2.75) is 0 Å². The van der Waals surface area contributed by atoms with Crippen LogP contribution in [-0.4, -0.2) is 19.9 Å². The van der Waals surface area contributed by atoms with Gasteiger partial charge in [0.25, 0.3) is 0 Å². The molecular formula is C52H32N6. The van der Waals surface area contributed by atoms with E-state index in [2.05, 4.69) is 155 Å². The van der Waals surface area contributed by atoms with Gasteiger partial charge in [-0.25, -0.2) is 0 Å². The number of aromatic nitrogens is 4. The number of anilines is 6. The molecule has 0 aliphatic rings. The van der Waals surface area contributed by atoms with E-state index in [1.54, 1.807) is 0 Å².